The number of halogens is 1. The fraction of sp³-hybridized carbons (Fsp3) is 0.263. The normalized spacial score (nSPS) is 11.7. The summed E-state index contributed by atoms with van der Waals surface area (Å²) in [4.78, 5) is 25.0. The van der Waals surface area contributed by atoms with Crippen LogP contribution in [0.1, 0.15) is 38.8 Å². The number of benzene rings is 2. The minimum Gasteiger partial charge on any atom is -0.496 e. The molecule has 0 spiro atoms. The maximum absolute atomic E-state index is 12.6. The highest BCUT2D eigenvalue weighted by Gasteiger charge is 2.24. The van der Waals surface area contributed by atoms with Crippen LogP contribution in [0.15, 0.2) is 30.3 Å². The van der Waals surface area contributed by atoms with Crippen LogP contribution in [-0.4, -0.2) is 25.0 Å². The second-order valence-corrected chi connectivity index (χ2v) is 6.21. The van der Waals surface area contributed by atoms with Crippen molar-refractivity contribution in [1.82, 2.24) is 0 Å². The zero-order valence-corrected chi connectivity index (χ0v) is 15.3. The van der Waals surface area contributed by atoms with Crippen LogP contribution in [-0.2, 0) is 4.74 Å². The number of methoxy groups -OCH3 is 1. The molecule has 25 heavy (non-hydrogen) atoms. The van der Waals surface area contributed by atoms with Crippen molar-refractivity contribution in [2.45, 2.75) is 26.9 Å². The minimum atomic E-state index is -0.950. The van der Waals surface area contributed by atoms with Gasteiger partial charge >= 0.3 is 5.97 Å². The summed E-state index contributed by atoms with van der Waals surface area (Å²) < 4.78 is 10.5. The fourth-order valence-electron chi connectivity index (χ4n) is 2.40. The van der Waals surface area contributed by atoms with Gasteiger partial charge in [0.1, 0.15) is 11.3 Å². The summed E-state index contributed by atoms with van der Waals surface area (Å²) in [6, 6.07) is 8.37. The standard InChI is InChI=1S/C19H20ClNO4/c1-10-5-6-11(2)13(7-10)18(22)12(3)25-19(23)14-8-15(20)16(21)9-17(14)24-4/h5-9,12H,21H2,1-4H3/t12-/m0/s1. The molecule has 1 atom stereocenters. The number of ether oxygens (including phenoxy) is 2. The molecule has 132 valence electrons. The monoisotopic (exact) mass is 361 g/mol. The van der Waals surface area contributed by atoms with Crippen LogP contribution in [0.25, 0.3) is 0 Å². The number of aryl methyl sites for hydroxylation is 2. The van der Waals surface area contributed by atoms with Crippen LogP contribution in [0.3, 0.4) is 0 Å². The molecule has 2 N–H and O–H groups in total. The summed E-state index contributed by atoms with van der Waals surface area (Å²) >= 11 is 5.96. The Balaban J connectivity index is 2.24. The van der Waals surface area contributed by atoms with E-state index >= 15 is 0 Å². The van der Waals surface area contributed by atoms with Gasteiger partial charge in [0.2, 0.25) is 5.78 Å². The first-order valence-electron chi connectivity index (χ1n) is 7.70. The highest BCUT2D eigenvalue weighted by atomic mass is 35.5. The van der Waals surface area contributed by atoms with Crippen LogP contribution in [0.2, 0.25) is 5.02 Å². The Morgan fingerprint density at radius 1 is 1.12 bits per heavy atom. The molecule has 6 heteroatoms. The number of ketones is 1. The molecule has 0 bridgehead atoms. The number of rotatable bonds is 5. The van der Waals surface area contributed by atoms with Gasteiger partial charge in [-0.25, -0.2) is 4.79 Å². The Hall–Kier alpha value is -2.53. The van der Waals surface area contributed by atoms with Gasteiger partial charge in [0.05, 0.1) is 17.8 Å². The number of nitrogen functional groups attached to an aromatic ring is 1. The average Bonchev–Trinajstić information content (AvgIpc) is 2.58. The van der Waals surface area contributed by atoms with Crippen molar-refractivity contribution in [1.29, 1.82) is 0 Å². The van der Waals surface area contributed by atoms with Crippen molar-refractivity contribution < 1.29 is 19.1 Å². The number of carbonyl (C=O) groups excluding carboxylic acids is 2. The van der Waals surface area contributed by atoms with Gasteiger partial charge in [-0.05, 0) is 38.5 Å². The molecule has 0 unspecified atom stereocenters. The number of esters is 1. The van der Waals surface area contributed by atoms with Crippen molar-refractivity contribution in [3.05, 3.63) is 57.6 Å². The Morgan fingerprint density at radius 3 is 2.44 bits per heavy atom. The lowest BCUT2D eigenvalue weighted by Crippen LogP contribution is -2.25. The molecular formula is C19H20ClNO4. The average molecular weight is 362 g/mol. The van der Waals surface area contributed by atoms with Gasteiger partial charge in [0, 0.05) is 11.6 Å². The van der Waals surface area contributed by atoms with E-state index in [0.717, 1.165) is 11.1 Å². The molecule has 2 aromatic rings. The van der Waals surface area contributed by atoms with E-state index in [0.29, 0.717) is 5.56 Å². The van der Waals surface area contributed by atoms with Gasteiger partial charge in [0.25, 0.3) is 0 Å². The summed E-state index contributed by atoms with van der Waals surface area (Å²) in [6.45, 7) is 5.27. The van der Waals surface area contributed by atoms with Gasteiger partial charge in [-0.3, -0.25) is 4.79 Å². The number of nitrogens with two attached hydrogens (primary N) is 1. The summed E-state index contributed by atoms with van der Waals surface area (Å²) in [5, 5.41) is 0.209. The van der Waals surface area contributed by atoms with Crippen molar-refractivity contribution >= 4 is 29.0 Å². The molecule has 0 saturated carbocycles. The lowest BCUT2D eigenvalue weighted by atomic mass is 9.99. The highest BCUT2D eigenvalue weighted by Crippen LogP contribution is 2.29. The van der Waals surface area contributed by atoms with E-state index in [-0.39, 0.29) is 27.8 Å². The predicted molar refractivity (Wildman–Crippen MR) is 97.5 cm³/mol. The topological polar surface area (TPSA) is 78.6 Å². The lowest BCUT2D eigenvalue weighted by Gasteiger charge is -2.16. The lowest BCUT2D eigenvalue weighted by molar-refractivity contribution is 0.0315. The zero-order chi connectivity index (χ0) is 18.7. The number of Topliss-reactive ketones (excluding diaryl/α,β-unsaturated/α-hetero) is 1. The summed E-state index contributed by atoms with van der Waals surface area (Å²) in [6.07, 6.45) is -0.950. The molecule has 0 aliphatic rings. The molecule has 2 rings (SSSR count). The Labute approximate surface area is 151 Å². The Bertz CT molecular complexity index is 832. The third kappa shape index (κ3) is 4.12. The molecule has 2 aromatic carbocycles. The third-order valence-electron chi connectivity index (χ3n) is 3.85. The fourth-order valence-corrected chi connectivity index (χ4v) is 2.56. The van der Waals surface area contributed by atoms with Crippen molar-refractivity contribution in [3.63, 3.8) is 0 Å². The molecule has 0 heterocycles. The van der Waals surface area contributed by atoms with E-state index in [1.54, 1.807) is 6.07 Å². The Kier molecular flexibility index (Phi) is 5.69. The van der Waals surface area contributed by atoms with Crippen molar-refractivity contribution in [2.75, 3.05) is 12.8 Å². The van der Waals surface area contributed by atoms with Crippen LogP contribution >= 0.6 is 11.6 Å². The van der Waals surface area contributed by atoms with E-state index < -0.39 is 12.1 Å². The van der Waals surface area contributed by atoms with E-state index in [2.05, 4.69) is 0 Å². The number of carbonyl (C=O) groups is 2. The van der Waals surface area contributed by atoms with Crippen LogP contribution in [0.4, 0.5) is 5.69 Å². The van der Waals surface area contributed by atoms with Crippen LogP contribution in [0, 0.1) is 13.8 Å². The van der Waals surface area contributed by atoms with Gasteiger partial charge < -0.3 is 15.2 Å². The van der Waals surface area contributed by atoms with Gasteiger partial charge in [-0.1, -0.05) is 29.3 Å². The SMILES string of the molecule is COc1cc(N)c(Cl)cc1C(=O)O[C@@H](C)C(=O)c1cc(C)ccc1C. The highest BCUT2D eigenvalue weighted by molar-refractivity contribution is 6.33. The van der Waals surface area contributed by atoms with E-state index in [1.807, 2.05) is 26.0 Å². The third-order valence-corrected chi connectivity index (χ3v) is 4.18. The first kappa shape index (κ1) is 18.8. The maximum Gasteiger partial charge on any atom is 0.342 e. The maximum atomic E-state index is 12.6. The molecule has 0 aliphatic heterocycles. The van der Waals surface area contributed by atoms with E-state index in [9.17, 15) is 9.59 Å². The predicted octanol–water partition coefficient (Wildman–Crippen LogP) is 3.98. The van der Waals surface area contributed by atoms with E-state index in [4.69, 9.17) is 26.8 Å². The first-order valence-corrected chi connectivity index (χ1v) is 8.07. The molecule has 0 aliphatic carbocycles. The molecule has 0 aromatic heterocycles. The second-order valence-electron chi connectivity index (χ2n) is 5.80. The van der Waals surface area contributed by atoms with Crippen molar-refractivity contribution in [3.8, 4) is 5.75 Å². The van der Waals surface area contributed by atoms with Gasteiger partial charge in [-0.15, -0.1) is 0 Å². The second kappa shape index (κ2) is 7.57. The van der Waals surface area contributed by atoms with Crippen LogP contribution < -0.4 is 10.5 Å². The number of hydrogen-bond acceptors (Lipinski definition) is 5. The first-order chi connectivity index (χ1) is 11.7. The largest absolute Gasteiger partial charge is 0.496 e. The summed E-state index contributed by atoms with van der Waals surface area (Å²) in [5.74, 6) is -0.738. The molecular weight excluding hydrogens is 342 g/mol. The smallest absolute Gasteiger partial charge is 0.342 e. The number of anilines is 1. The van der Waals surface area contributed by atoms with E-state index in [1.165, 1.54) is 26.2 Å². The van der Waals surface area contributed by atoms with Gasteiger partial charge in [-0.2, -0.15) is 0 Å². The quantitative estimate of drug-likeness (QED) is 0.495. The van der Waals surface area contributed by atoms with Gasteiger partial charge in [0.15, 0.2) is 6.10 Å². The minimum absolute atomic E-state index is 0.113. The molecule has 0 radical (unpaired) electrons. The zero-order valence-electron chi connectivity index (χ0n) is 14.6. The summed E-state index contributed by atoms with van der Waals surface area (Å²) in [5.41, 5.74) is 8.42. The van der Waals surface area contributed by atoms with Crippen molar-refractivity contribution in [2.24, 2.45) is 0 Å². The Morgan fingerprint density at radius 2 is 1.80 bits per heavy atom. The molecule has 0 fully saturated rings. The number of hydrogen-bond donors (Lipinski definition) is 1. The summed E-state index contributed by atoms with van der Waals surface area (Å²) in [7, 11) is 1.41. The molecule has 0 saturated heterocycles. The molecule has 5 nitrogen and oxygen atoms in total. The van der Waals surface area contributed by atoms with Crippen LogP contribution in [0.5, 0.6) is 5.75 Å². The molecule has 0 amide bonds.